The Bertz CT molecular complexity index is 467. The second-order valence-corrected chi connectivity index (χ2v) is 3.39. The lowest BCUT2D eigenvalue weighted by atomic mass is 10.3. The van der Waals surface area contributed by atoms with Crippen LogP contribution in [0.15, 0.2) is 18.3 Å². The number of pyridine rings is 1. The Morgan fingerprint density at radius 3 is 3.17 bits per heavy atom. The second-order valence-electron chi connectivity index (χ2n) is 2.30. The molecule has 0 aromatic carbocycles. The molecule has 4 heteroatoms. The molecule has 2 heterocycles. The molecule has 0 atom stereocenters. The van der Waals surface area contributed by atoms with Crippen LogP contribution in [0, 0.1) is 11.3 Å². The summed E-state index contributed by atoms with van der Waals surface area (Å²) in [6.45, 7) is 0. The first kappa shape index (κ1) is 7.07. The first-order chi connectivity index (χ1) is 5.83. The summed E-state index contributed by atoms with van der Waals surface area (Å²) < 4.78 is 0.964. The van der Waals surface area contributed by atoms with E-state index in [-0.39, 0.29) is 0 Å². The van der Waals surface area contributed by atoms with Crippen LogP contribution in [0.1, 0.15) is 5.56 Å². The zero-order valence-electron chi connectivity index (χ0n) is 6.11. The Morgan fingerprint density at radius 2 is 2.42 bits per heavy atom. The molecule has 0 aliphatic heterocycles. The number of nitrogens with zero attached hydrogens (tertiary/aromatic N) is 2. The minimum Gasteiger partial charge on any atom is -0.389 e. The Labute approximate surface area is 73.1 Å². The van der Waals surface area contributed by atoms with Crippen LogP contribution in [0.3, 0.4) is 0 Å². The average molecular weight is 175 g/mol. The maximum atomic E-state index is 8.74. The maximum absolute atomic E-state index is 8.74. The van der Waals surface area contributed by atoms with Crippen molar-refractivity contribution in [3.8, 4) is 6.07 Å². The summed E-state index contributed by atoms with van der Waals surface area (Å²) >= 11 is 1.40. The minimum atomic E-state index is 0.496. The number of fused-ring (bicyclic) bond motifs is 1. The normalized spacial score (nSPS) is 9.92. The highest BCUT2D eigenvalue weighted by molar-refractivity contribution is 7.22. The van der Waals surface area contributed by atoms with Crippen LogP contribution < -0.4 is 5.73 Å². The van der Waals surface area contributed by atoms with Gasteiger partial charge in [0.15, 0.2) is 0 Å². The van der Waals surface area contributed by atoms with Gasteiger partial charge in [0.2, 0.25) is 0 Å². The standard InChI is InChI=1S/C8H5N3S/c9-4-5-7-6(12-8(5)10)2-1-3-11-7/h1-3H,10H2. The molecule has 0 saturated heterocycles. The van der Waals surface area contributed by atoms with Crippen molar-refractivity contribution in [3.63, 3.8) is 0 Å². The number of nitrogens with two attached hydrogens (primary N) is 1. The van der Waals surface area contributed by atoms with E-state index in [9.17, 15) is 0 Å². The second kappa shape index (κ2) is 2.47. The van der Waals surface area contributed by atoms with Crippen molar-refractivity contribution in [1.29, 1.82) is 5.26 Å². The molecule has 2 aromatic rings. The molecule has 2 aromatic heterocycles. The van der Waals surface area contributed by atoms with Crippen molar-refractivity contribution in [2.24, 2.45) is 0 Å². The van der Waals surface area contributed by atoms with E-state index >= 15 is 0 Å². The molecule has 2 rings (SSSR count). The number of nitriles is 1. The van der Waals surface area contributed by atoms with E-state index in [4.69, 9.17) is 11.0 Å². The average Bonchev–Trinajstić information content (AvgIpc) is 2.40. The van der Waals surface area contributed by atoms with Gasteiger partial charge in [-0.1, -0.05) is 0 Å². The van der Waals surface area contributed by atoms with Gasteiger partial charge in [-0.05, 0) is 12.1 Å². The van der Waals surface area contributed by atoms with Crippen molar-refractivity contribution in [1.82, 2.24) is 4.98 Å². The summed E-state index contributed by atoms with van der Waals surface area (Å²) in [4.78, 5) is 4.08. The quantitative estimate of drug-likeness (QED) is 0.663. The molecule has 0 saturated carbocycles. The largest absolute Gasteiger partial charge is 0.389 e. The fourth-order valence-electron chi connectivity index (χ4n) is 1.05. The molecule has 0 spiro atoms. The monoisotopic (exact) mass is 175 g/mol. The van der Waals surface area contributed by atoms with Gasteiger partial charge in [-0.2, -0.15) is 5.26 Å². The van der Waals surface area contributed by atoms with Crippen molar-refractivity contribution in [3.05, 3.63) is 23.9 Å². The molecule has 0 fully saturated rings. The number of aromatic nitrogens is 1. The number of thiophene rings is 1. The maximum Gasteiger partial charge on any atom is 0.112 e. The van der Waals surface area contributed by atoms with Crippen molar-refractivity contribution in [2.75, 3.05) is 5.73 Å². The lowest BCUT2D eigenvalue weighted by Gasteiger charge is -1.85. The summed E-state index contributed by atoms with van der Waals surface area (Å²) in [6, 6.07) is 5.78. The van der Waals surface area contributed by atoms with E-state index in [1.165, 1.54) is 11.3 Å². The summed E-state index contributed by atoms with van der Waals surface area (Å²) in [7, 11) is 0. The summed E-state index contributed by atoms with van der Waals surface area (Å²) in [5.41, 5.74) is 6.83. The predicted molar refractivity (Wildman–Crippen MR) is 48.7 cm³/mol. The molecule has 12 heavy (non-hydrogen) atoms. The van der Waals surface area contributed by atoms with E-state index in [0.29, 0.717) is 16.1 Å². The first-order valence-electron chi connectivity index (χ1n) is 3.36. The molecule has 0 radical (unpaired) electrons. The fraction of sp³-hybridized carbons (Fsp3) is 0. The van der Waals surface area contributed by atoms with Crippen molar-refractivity contribution < 1.29 is 0 Å². The van der Waals surface area contributed by atoms with Gasteiger partial charge in [-0.3, -0.25) is 4.98 Å². The highest BCUT2D eigenvalue weighted by atomic mass is 32.1. The lowest BCUT2D eigenvalue weighted by molar-refractivity contribution is 1.41. The number of rotatable bonds is 0. The third-order valence-corrected chi connectivity index (χ3v) is 2.56. The number of anilines is 1. The Kier molecular flexibility index (Phi) is 1.45. The molecule has 0 unspecified atom stereocenters. The SMILES string of the molecule is N#Cc1c(N)sc2cccnc12. The minimum absolute atomic E-state index is 0.496. The van der Waals surface area contributed by atoms with Gasteiger partial charge in [0.25, 0.3) is 0 Å². The fourth-order valence-corrected chi connectivity index (χ4v) is 1.93. The van der Waals surface area contributed by atoms with Crippen LogP contribution >= 0.6 is 11.3 Å². The van der Waals surface area contributed by atoms with Crippen LogP contribution in [-0.2, 0) is 0 Å². The number of nitrogen functional groups attached to an aromatic ring is 1. The molecular formula is C8H5N3S. The van der Waals surface area contributed by atoms with Crippen LogP contribution in [0.2, 0.25) is 0 Å². The molecule has 58 valence electrons. The summed E-state index contributed by atoms with van der Waals surface area (Å²) in [5, 5.41) is 9.29. The molecule has 2 N–H and O–H groups in total. The van der Waals surface area contributed by atoms with E-state index < -0.39 is 0 Å². The van der Waals surface area contributed by atoms with Gasteiger partial charge in [0.05, 0.1) is 4.70 Å². The number of hydrogen-bond acceptors (Lipinski definition) is 4. The Hall–Kier alpha value is -1.60. The van der Waals surface area contributed by atoms with Gasteiger partial charge < -0.3 is 5.73 Å². The summed E-state index contributed by atoms with van der Waals surface area (Å²) in [6.07, 6.45) is 1.66. The van der Waals surface area contributed by atoms with Crippen LogP contribution in [0.25, 0.3) is 10.2 Å². The molecule has 0 aliphatic carbocycles. The molecule has 0 amide bonds. The highest BCUT2D eigenvalue weighted by Gasteiger charge is 2.08. The molecule has 0 aliphatic rings. The van der Waals surface area contributed by atoms with Gasteiger partial charge in [0.1, 0.15) is 22.2 Å². The van der Waals surface area contributed by atoms with E-state index in [1.807, 2.05) is 18.2 Å². The topological polar surface area (TPSA) is 62.7 Å². The van der Waals surface area contributed by atoms with E-state index in [2.05, 4.69) is 4.98 Å². The lowest BCUT2D eigenvalue weighted by Crippen LogP contribution is -1.83. The third-order valence-electron chi connectivity index (χ3n) is 1.59. The van der Waals surface area contributed by atoms with Crippen molar-refractivity contribution >= 4 is 26.6 Å². The molecule has 0 bridgehead atoms. The number of hydrogen-bond donors (Lipinski definition) is 1. The smallest absolute Gasteiger partial charge is 0.112 e. The van der Waals surface area contributed by atoms with Gasteiger partial charge in [-0.15, -0.1) is 11.3 Å². The summed E-state index contributed by atoms with van der Waals surface area (Å²) in [5.74, 6) is 0. The van der Waals surface area contributed by atoms with Gasteiger partial charge in [0, 0.05) is 6.20 Å². The van der Waals surface area contributed by atoms with E-state index in [0.717, 1.165) is 4.70 Å². The molecular weight excluding hydrogens is 170 g/mol. The zero-order valence-corrected chi connectivity index (χ0v) is 6.93. The third kappa shape index (κ3) is 0.840. The van der Waals surface area contributed by atoms with E-state index in [1.54, 1.807) is 6.20 Å². The zero-order chi connectivity index (χ0) is 8.55. The van der Waals surface area contributed by atoms with Crippen molar-refractivity contribution in [2.45, 2.75) is 0 Å². The van der Waals surface area contributed by atoms with Crippen LogP contribution in [0.5, 0.6) is 0 Å². The first-order valence-corrected chi connectivity index (χ1v) is 4.17. The molecule has 3 nitrogen and oxygen atoms in total. The van der Waals surface area contributed by atoms with Crippen LogP contribution in [-0.4, -0.2) is 4.98 Å². The Morgan fingerprint density at radius 1 is 1.58 bits per heavy atom. The predicted octanol–water partition coefficient (Wildman–Crippen LogP) is 1.75. The Balaban J connectivity index is 2.93. The highest BCUT2D eigenvalue weighted by Crippen LogP contribution is 2.30. The van der Waals surface area contributed by atoms with Crippen LogP contribution in [0.4, 0.5) is 5.00 Å². The van der Waals surface area contributed by atoms with Gasteiger partial charge >= 0.3 is 0 Å². The van der Waals surface area contributed by atoms with Gasteiger partial charge in [-0.25, -0.2) is 0 Å².